The standard InChI is InChI=1S/C18H25N3O/c22-17-13-20(12-16(17)21-9-2-1-3-10-21)11-15-6-4-5-14-7-8-19-18(14)15/h4-8,16-17,19,22H,1-3,9-13H2/t16-,17-/m1/s1. The highest BCUT2D eigenvalue weighted by Gasteiger charge is 2.35. The Hall–Kier alpha value is -1.36. The lowest BCUT2D eigenvalue weighted by molar-refractivity contribution is 0.0706. The molecule has 0 unspecified atom stereocenters. The van der Waals surface area contributed by atoms with Crippen molar-refractivity contribution in [2.45, 2.75) is 38.0 Å². The summed E-state index contributed by atoms with van der Waals surface area (Å²) in [4.78, 5) is 8.25. The molecule has 22 heavy (non-hydrogen) atoms. The van der Waals surface area contributed by atoms with Gasteiger partial charge in [-0.3, -0.25) is 9.80 Å². The van der Waals surface area contributed by atoms with E-state index in [2.05, 4.69) is 39.0 Å². The second-order valence-electron chi connectivity index (χ2n) is 6.78. The van der Waals surface area contributed by atoms with Gasteiger partial charge in [0.2, 0.25) is 0 Å². The Bertz CT molecular complexity index is 632. The van der Waals surface area contributed by atoms with Gasteiger partial charge >= 0.3 is 0 Å². The van der Waals surface area contributed by atoms with Crippen LogP contribution in [0.2, 0.25) is 0 Å². The molecule has 2 atom stereocenters. The molecule has 2 fully saturated rings. The Balaban J connectivity index is 1.47. The number of H-pyrrole nitrogens is 1. The number of rotatable bonds is 3. The predicted molar refractivity (Wildman–Crippen MR) is 88.8 cm³/mol. The van der Waals surface area contributed by atoms with Crippen LogP contribution < -0.4 is 0 Å². The van der Waals surface area contributed by atoms with Crippen LogP contribution in [0.15, 0.2) is 30.5 Å². The van der Waals surface area contributed by atoms with Crippen LogP contribution in [0.3, 0.4) is 0 Å². The molecule has 4 heteroatoms. The maximum Gasteiger partial charge on any atom is 0.0834 e. The third-order valence-corrected chi connectivity index (χ3v) is 5.26. The molecule has 0 radical (unpaired) electrons. The zero-order valence-corrected chi connectivity index (χ0v) is 13.0. The first kappa shape index (κ1) is 14.2. The minimum Gasteiger partial charge on any atom is -0.390 e. The quantitative estimate of drug-likeness (QED) is 0.913. The molecule has 0 spiro atoms. The summed E-state index contributed by atoms with van der Waals surface area (Å²) in [5.41, 5.74) is 2.56. The Morgan fingerprint density at radius 2 is 1.95 bits per heavy atom. The van der Waals surface area contributed by atoms with E-state index in [1.807, 2.05) is 6.20 Å². The van der Waals surface area contributed by atoms with E-state index in [0.717, 1.165) is 32.7 Å². The number of hydrogen-bond donors (Lipinski definition) is 2. The first-order valence-electron chi connectivity index (χ1n) is 8.51. The van der Waals surface area contributed by atoms with Crippen LogP contribution in [-0.2, 0) is 6.54 Å². The van der Waals surface area contributed by atoms with E-state index in [9.17, 15) is 5.11 Å². The van der Waals surface area contributed by atoms with Crippen molar-refractivity contribution >= 4 is 10.9 Å². The van der Waals surface area contributed by atoms with Crippen LogP contribution in [-0.4, -0.2) is 58.2 Å². The van der Waals surface area contributed by atoms with E-state index < -0.39 is 0 Å². The maximum absolute atomic E-state index is 10.5. The molecule has 0 bridgehead atoms. The number of para-hydroxylation sites is 1. The van der Waals surface area contributed by atoms with Crippen LogP contribution in [0.5, 0.6) is 0 Å². The van der Waals surface area contributed by atoms with Crippen molar-refractivity contribution in [2.75, 3.05) is 26.2 Å². The van der Waals surface area contributed by atoms with Crippen LogP contribution in [0.1, 0.15) is 24.8 Å². The lowest BCUT2D eigenvalue weighted by Crippen LogP contribution is -2.45. The van der Waals surface area contributed by atoms with E-state index in [1.165, 1.54) is 35.7 Å². The minimum atomic E-state index is -0.207. The van der Waals surface area contributed by atoms with Gasteiger partial charge < -0.3 is 10.1 Å². The molecule has 0 amide bonds. The Kier molecular flexibility index (Phi) is 3.90. The van der Waals surface area contributed by atoms with Crippen molar-refractivity contribution in [2.24, 2.45) is 0 Å². The number of aliphatic hydroxyl groups is 1. The summed E-state index contributed by atoms with van der Waals surface area (Å²) in [6.07, 6.45) is 5.71. The number of fused-ring (bicyclic) bond motifs is 1. The number of nitrogens with one attached hydrogen (secondary N) is 1. The van der Waals surface area contributed by atoms with Gasteiger partial charge in [-0.2, -0.15) is 0 Å². The Labute approximate surface area is 131 Å². The Morgan fingerprint density at radius 1 is 1.09 bits per heavy atom. The fourth-order valence-electron chi connectivity index (χ4n) is 4.11. The van der Waals surface area contributed by atoms with Crippen molar-refractivity contribution < 1.29 is 5.11 Å². The molecule has 1 aromatic carbocycles. The number of aliphatic hydroxyl groups excluding tert-OH is 1. The van der Waals surface area contributed by atoms with Gasteiger partial charge in [0.15, 0.2) is 0 Å². The fraction of sp³-hybridized carbons (Fsp3) is 0.556. The van der Waals surface area contributed by atoms with E-state index in [4.69, 9.17) is 0 Å². The maximum atomic E-state index is 10.5. The number of piperidine rings is 1. The third-order valence-electron chi connectivity index (χ3n) is 5.26. The second-order valence-corrected chi connectivity index (χ2v) is 6.78. The van der Waals surface area contributed by atoms with Crippen molar-refractivity contribution in [3.63, 3.8) is 0 Å². The summed E-state index contributed by atoms with van der Waals surface area (Å²) in [5, 5.41) is 11.7. The molecule has 0 saturated carbocycles. The molecule has 2 N–H and O–H groups in total. The van der Waals surface area contributed by atoms with E-state index in [-0.39, 0.29) is 6.10 Å². The van der Waals surface area contributed by atoms with Gasteiger partial charge in [-0.25, -0.2) is 0 Å². The highest BCUT2D eigenvalue weighted by molar-refractivity contribution is 5.82. The van der Waals surface area contributed by atoms with Gasteiger partial charge in [-0.15, -0.1) is 0 Å². The molecule has 4 nitrogen and oxygen atoms in total. The third kappa shape index (κ3) is 2.67. The Morgan fingerprint density at radius 3 is 2.82 bits per heavy atom. The van der Waals surface area contributed by atoms with Crippen molar-refractivity contribution in [1.29, 1.82) is 0 Å². The predicted octanol–water partition coefficient (Wildman–Crippen LogP) is 2.20. The van der Waals surface area contributed by atoms with Crippen LogP contribution >= 0.6 is 0 Å². The van der Waals surface area contributed by atoms with E-state index >= 15 is 0 Å². The van der Waals surface area contributed by atoms with Gasteiger partial charge in [-0.05, 0) is 42.9 Å². The average Bonchev–Trinajstić information content (AvgIpc) is 3.15. The summed E-state index contributed by atoms with van der Waals surface area (Å²) < 4.78 is 0. The number of likely N-dealkylation sites (tertiary alicyclic amines) is 2. The largest absolute Gasteiger partial charge is 0.390 e. The average molecular weight is 299 g/mol. The van der Waals surface area contributed by atoms with Crippen molar-refractivity contribution in [1.82, 2.24) is 14.8 Å². The van der Waals surface area contributed by atoms with Gasteiger partial charge in [0, 0.05) is 37.4 Å². The highest BCUT2D eigenvalue weighted by Crippen LogP contribution is 2.24. The zero-order valence-electron chi connectivity index (χ0n) is 13.0. The summed E-state index contributed by atoms with van der Waals surface area (Å²) in [6.45, 7) is 5.00. The first-order chi connectivity index (χ1) is 10.8. The van der Waals surface area contributed by atoms with Crippen LogP contribution in [0.25, 0.3) is 10.9 Å². The van der Waals surface area contributed by atoms with Crippen LogP contribution in [0.4, 0.5) is 0 Å². The lowest BCUT2D eigenvalue weighted by atomic mass is 10.1. The molecule has 4 rings (SSSR count). The molecular formula is C18H25N3O. The van der Waals surface area contributed by atoms with Gasteiger partial charge in [-0.1, -0.05) is 24.6 Å². The molecule has 0 aliphatic carbocycles. The number of β-amino-alcohol motifs (C(OH)–C–C–N with tert-alkyl or cyclic N) is 1. The number of nitrogens with zero attached hydrogens (tertiary/aromatic N) is 2. The SMILES string of the molecule is O[C@@H]1CN(Cc2cccc3cc[nH]c23)C[C@H]1N1CCCCC1. The number of hydrogen-bond acceptors (Lipinski definition) is 3. The van der Waals surface area contributed by atoms with Crippen LogP contribution in [0, 0.1) is 0 Å². The molecular weight excluding hydrogens is 274 g/mol. The molecule has 2 aromatic rings. The van der Waals surface area contributed by atoms with E-state index in [0.29, 0.717) is 6.04 Å². The minimum absolute atomic E-state index is 0.207. The normalized spacial score (nSPS) is 27.7. The first-order valence-corrected chi connectivity index (χ1v) is 8.51. The molecule has 2 aliphatic heterocycles. The van der Waals surface area contributed by atoms with Gasteiger partial charge in [0.25, 0.3) is 0 Å². The molecule has 3 heterocycles. The van der Waals surface area contributed by atoms with Crippen molar-refractivity contribution in [3.05, 3.63) is 36.0 Å². The smallest absolute Gasteiger partial charge is 0.0834 e. The molecule has 2 saturated heterocycles. The summed E-state index contributed by atoms with van der Waals surface area (Å²) in [7, 11) is 0. The topological polar surface area (TPSA) is 42.5 Å². The molecule has 1 aromatic heterocycles. The lowest BCUT2D eigenvalue weighted by Gasteiger charge is -2.33. The number of aromatic nitrogens is 1. The van der Waals surface area contributed by atoms with Crippen molar-refractivity contribution in [3.8, 4) is 0 Å². The molecule has 118 valence electrons. The number of benzene rings is 1. The zero-order chi connectivity index (χ0) is 14.9. The summed E-state index contributed by atoms with van der Waals surface area (Å²) >= 11 is 0. The highest BCUT2D eigenvalue weighted by atomic mass is 16.3. The van der Waals surface area contributed by atoms with Gasteiger partial charge in [0.05, 0.1) is 6.10 Å². The fourth-order valence-corrected chi connectivity index (χ4v) is 4.11. The van der Waals surface area contributed by atoms with Gasteiger partial charge in [0.1, 0.15) is 0 Å². The van der Waals surface area contributed by atoms with E-state index in [1.54, 1.807) is 0 Å². The molecule has 2 aliphatic rings. The summed E-state index contributed by atoms with van der Waals surface area (Å²) in [5.74, 6) is 0. The summed E-state index contributed by atoms with van der Waals surface area (Å²) in [6, 6.07) is 8.90. The second kappa shape index (κ2) is 6.03. The monoisotopic (exact) mass is 299 g/mol. The number of aromatic amines is 1.